The van der Waals surface area contributed by atoms with Crippen LogP contribution in [0, 0.1) is 6.92 Å². The first-order valence-corrected chi connectivity index (χ1v) is 8.06. The fourth-order valence-corrected chi connectivity index (χ4v) is 2.50. The summed E-state index contributed by atoms with van der Waals surface area (Å²) in [5.41, 5.74) is 1.25. The quantitative estimate of drug-likeness (QED) is 0.640. The third-order valence-corrected chi connectivity index (χ3v) is 4.28. The van der Waals surface area contributed by atoms with Crippen molar-refractivity contribution in [1.29, 1.82) is 0 Å². The number of carbonyl (C=O) groups excluding carboxylic acids is 1. The molecular weight excluding hydrogens is 293 g/mol. The highest BCUT2D eigenvalue weighted by Crippen LogP contribution is 2.27. The van der Waals surface area contributed by atoms with Crippen LogP contribution in [0.4, 0.5) is 0 Å². The van der Waals surface area contributed by atoms with E-state index in [1.54, 1.807) is 12.1 Å². The van der Waals surface area contributed by atoms with Gasteiger partial charge in [0.25, 0.3) is 5.91 Å². The molecule has 0 saturated carbocycles. The summed E-state index contributed by atoms with van der Waals surface area (Å²) >= 11 is 12.1. The van der Waals surface area contributed by atoms with E-state index >= 15 is 0 Å². The molecule has 1 amide bonds. The van der Waals surface area contributed by atoms with Crippen molar-refractivity contribution in [2.45, 2.75) is 52.4 Å². The van der Waals surface area contributed by atoms with Gasteiger partial charge in [0.2, 0.25) is 0 Å². The molecule has 0 atom stereocenters. The Balaban J connectivity index is 2.35. The van der Waals surface area contributed by atoms with Crippen LogP contribution in [0.1, 0.15) is 61.4 Å². The second-order valence-corrected chi connectivity index (χ2v) is 5.84. The molecule has 1 N–H and O–H groups in total. The maximum atomic E-state index is 12.0. The standard InChI is InChI=1S/C16H23Cl2NO/c1-3-4-5-6-7-8-11-19-16(20)13-9-10-14(17)12(2)15(13)18/h9-10H,3-8,11H2,1-2H3,(H,19,20). The summed E-state index contributed by atoms with van der Waals surface area (Å²) in [6.45, 7) is 4.72. The van der Waals surface area contributed by atoms with Crippen molar-refractivity contribution in [2.24, 2.45) is 0 Å². The summed E-state index contributed by atoms with van der Waals surface area (Å²) in [6.07, 6.45) is 7.25. The van der Waals surface area contributed by atoms with Crippen molar-refractivity contribution in [3.05, 3.63) is 33.3 Å². The molecule has 2 nitrogen and oxygen atoms in total. The van der Waals surface area contributed by atoms with Gasteiger partial charge in [0, 0.05) is 11.6 Å². The molecule has 0 aliphatic heterocycles. The second-order valence-electron chi connectivity index (χ2n) is 5.06. The molecule has 1 aromatic rings. The van der Waals surface area contributed by atoms with E-state index in [1.165, 1.54) is 25.7 Å². The summed E-state index contributed by atoms with van der Waals surface area (Å²) < 4.78 is 0. The van der Waals surface area contributed by atoms with Crippen LogP contribution in [0.25, 0.3) is 0 Å². The Labute approximate surface area is 131 Å². The molecule has 0 unspecified atom stereocenters. The third-order valence-electron chi connectivity index (χ3n) is 3.38. The van der Waals surface area contributed by atoms with Gasteiger partial charge in [-0.2, -0.15) is 0 Å². The van der Waals surface area contributed by atoms with Gasteiger partial charge in [-0.1, -0.05) is 62.2 Å². The zero-order valence-electron chi connectivity index (χ0n) is 12.3. The maximum Gasteiger partial charge on any atom is 0.252 e. The Morgan fingerprint density at radius 1 is 1.10 bits per heavy atom. The van der Waals surface area contributed by atoms with Gasteiger partial charge in [-0.3, -0.25) is 4.79 Å². The minimum Gasteiger partial charge on any atom is -0.352 e. The van der Waals surface area contributed by atoms with Crippen molar-refractivity contribution >= 4 is 29.1 Å². The van der Waals surface area contributed by atoms with E-state index in [0.717, 1.165) is 18.4 Å². The van der Waals surface area contributed by atoms with Crippen LogP contribution in [0.2, 0.25) is 10.0 Å². The second kappa shape index (κ2) is 9.25. The normalized spacial score (nSPS) is 10.6. The number of hydrogen-bond acceptors (Lipinski definition) is 1. The van der Waals surface area contributed by atoms with Crippen molar-refractivity contribution in [1.82, 2.24) is 5.32 Å². The molecule has 0 fully saturated rings. The van der Waals surface area contributed by atoms with Crippen LogP contribution in [-0.4, -0.2) is 12.5 Å². The van der Waals surface area contributed by atoms with Gasteiger partial charge in [-0.05, 0) is 31.0 Å². The first-order chi connectivity index (χ1) is 9.57. The molecule has 0 aliphatic rings. The smallest absolute Gasteiger partial charge is 0.252 e. The highest BCUT2D eigenvalue weighted by atomic mass is 35.5. The zero-order chi connectivity index (χ0) is 15.0. The third kappa shape index (κ3) is 5.34. The molecule has 1 aromatic carbocycles. The van der Waals surface area contributed by atoms with E-state index in [2.05, 4.69) is 12.2 Å². The van der Waals surface area contributed by atoms with Crippen LogP contribution < -0.4 is 5.32 Å². The Hall–Kier alpha value is -0.730. The molecule has 0 aliphatic carbocycles. The minimum absolute atomic E-state index is 0.122. The highest BCUT2D eigenvalue weighted by Gasteiger charge is 2.13. The first-order valence-electron chi connectivity index (χ1n) is 7.30. The molecule has 4 heteroatoms. The van der Waals surface area contributed by atoms with E-state index in [0.29, 0.717) is 22.2 Å². The van der Waals surface area contributed by atoms with E-state index in [9.17, 15) is 4.79 Å². The zero-order valence-corrected chi connectivity index (χ0v) is 13.8. The van der Waals surface area contributed by atoms with Crippen LogP contribution in [-0.2, 0) is 0 Å². The minimum atomic E-state index is -0.122. The Morgan fingerprint density at radius 2 is 1.75 bits per heavy atom. The van der Waals surface area contributed by atoms with E-state index in [-0.39, 0.29) is 5.91 Å². The molecule has 0 saturated heterocycles. The number of rotatable bonds is 8. The average Bonchev–Trinajstić information content (AvgIpc) is 2.43. The van der Waals surface area contributed by atoms with Gasteiger partial charge in [0.15, 0.2) is 0 Å². The van der Waals surface area contributed by atoms with Gasteiger partial charge in [-0.15, -0.1) is 0 Å². The van der Waals surface area contributed by atoms with E-state index in [1.807, 2.05) is 6.92 Å². The summed E-state index contributed by atoms with van der Waals surface area (Å²) in [7, 11) is 0. The van der Waals surface area contributed by atoms with Gasteiger partial charge in [0.1, 0.15) is 0 Å². The number of unbranched alkanes of at least 4 members (excludes halogenated alkanes) is 5. The van der Waals surface area contributed by atoms with Crippen molar-refractivity contribution in [3.8, 4) is 0 Å². The average molecular weight is 316 g/mol. The van der Waals surface area contributed by atoms with Crippen molar-refractivity contribution in [2.75, 3.05) is 6.54 Å². The van der Waals surface area contributed by atoms with Gasteiger partial charge in [0.05, 0.1) is 10.6 Å². The molecule has 0 heterocycles. The lowest BCUT2D eigenvalue weighted by molar-refractivity contribution is 0.0953. The number of nitrogens with one attached hydrogen (secondary N) is 1. The summed E-state index contributed by atoms with van der Waals surface area (Å²) in [5, 5.41) is 3.94. The molecule has 0 aromatic heterocycles. The van der Waals surface area contributed by atoms with Crippen LogP contribution >= 0.6 is 23.2 Å². The largest absolute Gasteiger partial charge is 0.352 e. The predicted molar refractivity (Wildman–Crippen MR) is 86.9 cm³/mol. The van der Waals surface area contributed by atoms with Gasteiger partial charge in [-0.25, -0.2) is 0 Å². The molecule has 0 spiro atoms. The fourth-order valence-electron chi connectivity index (χ4n) is 2.04. The predicted octanol–water partition coefficient (Wildman–Crippen LogP) is 5.39. The van der Waals surface area contributed by atoms with Gasteiger partial charge >= 0.3 is 0 Å². The summed E-state index contributed by atoms with van der Waals surface area (Å²) in [5.74, 6) is -0.122. The molecule has 0 radical (unpaired) electrons. The van der Waals surface area contributed by atoms with Crippen molar-refractivity contribution in [3.63, 3.8) is 0 Å². The van der Waals surface area contributed by atoms with Crippen LogP contribution in [0.15, 0.2) is 12.1 Å². The first kappa shape index (κ1) is 17.3. The topological polar surface area (TPSA) is 29.1 Å². The van der Waals surface area contributed by atoms with Crippen molar-refractivity contribution < 1.29 is 4.79 Å². The number of benzene rings is 1. The highest BCUT2D eigenvalue weighted by molar-refractivity contribution is 6.38. The number of carbonyl (C=O) groups is 1. The summed E-state index contributed by atoms with van der Waals surface area (Å²) in [4.78, 5) is 12.0. The fraction of sp³-hybridized carbons (Fsp3) is 0.562. The molecule has 112 valence electrons. The Morgan fingerprint density at radius 3 is 2.45 bits per heavy atom. The monoisotopic (exact) mass is 315 g/mol. The number of amides is 1. The van der Waals surface area contributed by atoms with Crippen LogP contribution in [0.5, 0.6) is 0 Å². The van der Waals surface area contributed by atoms with E-state index < -0.39 is 0 Å². The maximum absolute atomic E-state index is 12.0. The van der Waals surface area contributed by atoms with Crippen LogP contribution in [0.3, 0.4) is 0 Å². The number of halogens is 2. The molecule has 1 rings (SSSR count). The Kier molecular flexibility index (Phi) is 8.01. The molecular formula is C16H23Cl2NO. The lowest BCUT2D eigenvalue weighted by Gasteiger charge is -2.09. The lowest BCUT2D eigenvalue weighted by Crippen LogP contribution is -2.24. The molecule has 20 heavy (non-hydrogen) atoms. The number of hydrogen-bond donors (Lipinski definition) is 1. The van der Waals surface area contributed by atoms with E-state index in [4.69, 9.17) is 23.2 Å². The Bertz CT molecular complexity index is 446. The summed E-state index contributed by atoms with van der Waals surface area (Å²) in [6, 6.07) is 3.39. The lowest BCUT2D eigenvalue weighted by atomic mass is 10.1. The molecule has 0 bridgehead atoms. The SMILES string of the molecule is CCCCCCCCNC(=O)c1ccc(Cl)c(C)c1Cl. The van der Waals surface area contributed by atoms with Gasteiger partial charge < -0.3 is 5.32 Å².